The molecule has 2 rings (SSSR count). The Morgan fingerprint density at radius 1 is 1.21 bits per heavy atom. The normalized spacial score (nSPS) is 12.2. The van der Waals surface area contributed by atoms with E-state index in [0.717, 1.165) is 16.7 Å². The number of halogens is 2. The average molecular weight is 276 g/mol. The van der Waals surface area contributed by atoms with Gasteiger partial charge in [-0.15, -0.1) is 0 Å². The molecule has 2 N–H and O–H groups in total. The minimum absolute atomic E-state index is 0.115. The lowest BCUT2D eigenvalue weighted by molar-refractivity contribution is 0.627. The van der Waals surface area contributed by atoms with Crippen LogP contribution in [0.5, 0.6) is 0 Å². The van der Waals surface area contributed by atoms with Gasteiger partial charge in [0.15, 0.2) is 0 Å². The van der Waals surface area contributed by atoms with E-state index < -0.39 is 5.82 Å². The molecule has 0 bridgehead atoms. The summed E-state index contributed by atoms with van der Waals surface area (Å²) in [5, 5.41) is 0.115. The van der Waals surface area contributed by atoms with Gasteiger partial charge >= 0.3 is 0 Å². The molecule has 2 aromatic rings. The highest BCUT2D eigenvalue weighted by Crippen LogP contribution is 2.26. The Balaban J connectivity index is 2.11. The summed E-state index contributed by atoms with van der Waals surface area (Å²) in [4.78, 5) is 0. The van der Waals surface area contributed by atoms with E-state index in [0.29, 0.717) is 6.42 Å². The summed E-state index contributed by atoms with van der Waals surface area (Å²) in [6.07, 6.45) is 0.574. The largest absolute Gasteiger partial charge is 0.324 e. The molecule has 0 saturated heterocycles. The zero-order valence-corrected chi connectivity index (χ0v) is 11.2. The molecule has 0 saturated carbocycles. The van der Waals surface area contributed by atoms with Gasteiger partial charge in [0.05, 0.1) is 5.02 Å². The maximum Gasteiger partial charge on any atom is 0.142 e. The monoisotopic (exact) mass is 275 g/mol. The second-order valence-electron chi connectivity index (χ2n) is 4.45. The third kappa shape index (κ3) is 3.43. The molecule has 0 aromatic heterocycles. The van der Waals surface area contributed by atoms with Crippen LogP contribution in [0.15, 0.2) is 55.1 Å². The fourth-order valence-corrected chi connectivity index (χ4v) is 2.03. The van der Waals surface area contributed by atoms with E-state index in [1.165, 1.54) is 12.1 Å². The van der Waals surface area contributed by atoms with Gasteiger partial charge in [-0.25, -0.2) is 4.39 Å². The predicted octanol–water partition coefficient (Wildman–Crippen LogP) is 4.58. The highest BCUT2D eigenvalue weighted by molar-refractivity contribution is 6.30. The van der Waals surface area contributed by atoms with Gasteiger partial charge in [0.2, 0.25) is 0 Å². The Morgan fingerprint density at radius 2 is 1.89 bits per heavy atom. The molecule has 1 nitrogen and oxygen atoms in total. The van der Waals surface area contributed by atoms with Gasteiger partial charge in [-0.05, 0) is 35.3 Å². The fraction of sp³-hybridized carbons (Fsp3) is 0.125. The molecule has 0 amide bonds. The maximum absolute atomic E-state index is 13.4. The molecular weight excluding hydrogens is 261 g/mol. The first kappa shape index (κ1) is 13.8. The van der Waals surface area contributed by atoms with Crippen LogP contribution in [-0.4, -0.2) is 0 Å². The van der Waals surface area contributed by atoms with Gasteiger partial charge in [0.1, 0.15) is 5.82 Å². The van der Waals surface area contributed by atoms with Crippen molar-refractivity contribution >= 4 is 17.2 Å². The van der Waals surface area contributed by atoms with Gasteiger partial charge < -0.3 is 5.73 Å². The topological polar surface area (TPSA) is 26.0 Å². The summed E-state index contributed by atoms with van der Waals surface area (Å²) in [7, 11) is 0. The van der Waals surface area contributed by atoms with E-state index in [1.807, 2.05) is 30.3 Å². The zero-order valence-electron chi connectivity index (χ0n) is 10.4. The molecule has 0 fully saturated rings. The van der Waals surface area contributed by atoms with Crippen molar-refractivity contribution in [3.8, 4) is 0 Å². The summed E-state index contributed by atoms with van der Waals surface area (Å²) in [5.41, 5.74) is 8.69. The molecule has 1 unspecified atom stereocenters. The molecular formula is C16H15ClFN. The van der Waals surface area contributed by atoms with E-state index in [-0.39, 0.29) is 11.1 Å². The number of nitrogens with two attached hydrogens (primary N) is 1. The second kappa shape index (κ2) is 6.00. The molecule has 2 aromatic carbocycles. The van der Waals surface area contributed by atoms with Crippen LogP contribution in [0.25, 0.3) is 5.57 Å². The zero-order chi connectivity index (χ0) is 13.8. The number of hydrogen-bond donors (Lipinski definition) is 1. The van der Waals surface area contributed by atoms with Gasteiger partial charge in [-0.2, -0.15) is 0 Å². The van der Waals surface area contributed by atoms with E-state index in [2.05, 4.69) is 6.58 Å². The lowest BCUT2D eigenvalue weighted by atomic mass is 9.96. The molecule has 0 radical (unpaired) electrons. The van der Waals surface area contributed by atoms with Crippen LogP contribution >= 0.6 is 11.6 Å². The molecule has 0 aliphatic rings. The molecule has 3 heteroatoms. The van der Waals surface area contributed by atoms with Gasteiger partial charge in [0, 0.05) is 6.04 Å². The standard InChI is InChI=1S/C16H15ClFN/c1-11(13-7-8-14(17)15(18)10-13)9-16(19)12-5-3-2-4-6-12/h2-8,10,16H,1,9,19H2. The lowest BCUT2D eigenvalue weighted by Gasteiger charge is -2.14. The predicted molar refractivity (Wildman–Crippen MR) is 78.4 cm³/mol. The van der Waals surface area contributed by atoms with E-state index in [1.54, 1.807) is 6.07 Å². The SMILES string of the molecule is C=C(CC(N)c1ccccc1)c1ccc(Cl)c(F)c1. The van der Waals surface area contributed by atoms with Crippen LogP contribution in [0.4, 0.5) is 4.39 Å². The van der Waals surface area contributed by atoms with Crippen molar-refractivity contribution in [2.75, 3.05) is 0 Å². The summed E-state index contributed by atoms with van der Waals surface area (Å²) in [6.45, 7) is 3.97. The van der Waals surface area contributed by atoms with Crippen LogP contribution < -0.4 is 5.73 Å². The average Bonchev–Trinajstić information content (AvgIpc) is 2.42. The van der Waals surface area contributed by atoms with Crippen LogP contribution in [0.3, 0.4) is 0 Å². The fourth-order valence-electron chi connectivity index (χ4n) is 1.92. The second-order valence-corrected chi connectivity index (χ2v) is 4.86. The Labute approximate surface area is 117 Å². The first-order valence-electron chi connectivity index (χ1n) is 6.01. The first-order chi connectivity index (χ1) is 9.08. The minimum Gasteiger partial charge on any atom is -0.324 e. The van der Waals surface area contributed by atoms with Crippen LogP contribution in [0, 0.1) is 5.82 Å². The van der Waals surface area contributed by atoms with Crippen LogP contribution in [-0.2, 0) is 0 Å². The molecule has 0 spiro atoms. The van der Waals surface area contributed by atoms with Crippen molar-refractivity contribution in [3.05, 3.63) is 77.1 Å². The Bertz CT molecular complexity index is 581. The third-order valence-corrected chi connectivity index (χ3v) is 3.33. The van der Waals surface area contributed by atoms with Crippen molar-refractivity contribution in [1.29, 1.82) is 0 Å². The van der Waals surface area contributed by atoms with Gasteiger partial charge in [0.25, 0.3) is 0 Å². The van der Waals surface area contributed by atoms with Crippen molar-refractivity contribution in [2.24, 2.45) is 5.73 Å². The molecule has 1 atom stereocenters. The summed E-state index contributed by atoms with van der Waals surface area (Å²) < 4.78 is 13.4. The maximum atomic E-state index is 13.4. The Hall–Kier alpha value is -1.64. The molecule has 98 valence electrons. The van der Waals surface area contributed by atoms with Crippen molar-refractivity contribution in [3.63, 3.8) is 0 Å². The summed E-state index contributed by atoms with van der Waals surface area (Å²) >= 11 is 5.66. The lowest BCUT2D eigenvalue weighted by Crippen LogP contribution is -2.10. The first-order valence-corrected chi connectivity index (χ1v) is 6.39. The summed E-state index contributed by atoms with van der Waals surface area (Å²) in [5.74, 6) is -0.436. The van der Waals surface area contributed by atoms with E-state index >= 15 is 0 Å². The molecule has 0 aliphatic carbocycles. The Kier molecular flexibility index (Phi) is 4.35. The highest BCUT2D eigenvalue weighted by atomic mass is 35.5. The van der Waals surface area contributed by atoms with Gasteiger partial charge in [-0.1, -0.05) is 54.6 Å². The molecule has 0 heterocycles. The number of rotatable bonds is 4. The van der Waals surface area contributed by atoms with Crippen molar-refractivity contribution in [2.45, 2.75) is 12.5 Å². The van der Waals surface area contributed by atoms with Crippen LogP contribution in [0.1, 0.15) is 23.6 Å². The highest BCUT2D eigenvalue weighted by Gasteiger charge is 2.10. The molecule has 19 heavy (non-hydrogen) atoms. The number of benzene rings is 2. The van der Waals surface area contributed by atoms with Crippen molar-refractivity contribution in [1.82, 2.24) is 0 Å². The van der Waals surface area contributed by atoms with E-state index in [4.69, 9.17) is 17.3 Å². The minimum atomic E-state index is -0.436. The van der Waals surface area contributed by atoms with Crippen LogP contribution in [0.2, 0.25) is 5.02 Å². The summed E-state index contributed by atoms with van der Waals surface area (Å²) in [6, 6.07) is 14.3. The Morgan fingerprint density at radius 3 is 2.53 bits per heavy atom. The quantitative estimate of drug-likeness (QED) is 0.868. The molecule has 0 aliphatic heterocycles. The third-order valence-electron chi connectivity index (χ3n) is 3.02. The van der Waals surface area contributed by atoms with Gasteiger partial charge in [-0.3, -0.25) is 0 Å². The van der Waals surface area contributed by atoms with Crippen molar-refractivity contribution < 1.29 is 4.39 Å². The smallest absolute Gasteiger partial charge is 0.142 e. The van der Waals surface area contributed by atoms with E-state index in [9.17, 15) is 4.39 Å². The number of hydrogen-bond acceptors (Lipinski definition) is 1.